The molecule has 9 nitrogen and oxygen atoms in total. The molecule has 0 saturated carbocycles. The molecule has 0 unspecified atom stereocenters. The highest BCUT2D eigenvalue weighted by Crippen LogP contribution is 2.27. The van der Waals surface area contributed by atoms with E-state index in [4.69, 9.17) is 14.7 Å². The minimum Gasteiger partial charge on any atom is -0.459 e. The van der Waals surface area contributed by atoms with Crippen molar-refractivity contribution in [3.8, 4) is 23.3 Å². The Morgan fingerprint density at radius 1 is 1.04 bits per heavy atom. The molecule has 3 heterocycles. The molecule has 4 aromatic rings. The van der Waals surface area contributed by atoms with Crippen LogP contribution in [-0.2, 0) is 0 Å². The van der Waals surface area contributed by atoms with Gasteiger partial charge in [-0.15, -0.1) is 0 Å². The van der Waals surface area contributed by atoms with Crippen LogP contribution in [0.4, 0.5) is 26.4 Å². The number of halogens is 2. The summed E-state index contributed by atoms with van der Waals surface area (Å²) in [4.78, 5) is 17.4. The standard InChI is InChI=1S/C16H11F2N7O2/c1-25(10-7-8(17)4-5-9(10)18)16-22-12(21-15(19)23-16)13-20-14(27-24-13)11-3-2-6-26-11/h2-7H,1H3,(H2,19,21,22,23). The number of nitrogens with two attached hydrogens (primary N) is 1. The van der Waals surface area contributed by atoms with E-state index in [1.165, 1.54) is 18.2 Å². The third kappa shape index (κ3) is 3.17. The molecule has 2 N–H and O–H groups in total. The zero-order valence-electron chi connectivity index (χ0n) is 13.8. The predicted molar refractivity (Wildman–Crippen MR) is 89.7 cm³/mol. The third-order valence-corrected chi connectivity index (χ3v) is 3.57. The Balaban J connectivity index is 1.73. The van der Waals surface area contributed by atoms with Crippen LogP contribution in [0.2, 0.25) is 0 Å². The Morgan fingerprint density at radius 2 is 1.89 bits per heavy atom. The summed E-state index contributed by atoms with van der Waals surface area (Å²) in [6.45, 7) is 0. The van der Waals surface area contributed by atoms with Gasteiger partial charge in [0.2, 0.25) is 23.5 Å². The van der Waals surface area contributed by atoms with E-state index in [9.17, 15) is 8.78 Å². The van der Waals surface area contributed by atoms with Crippen molar-refractivity contribution >= 4 is 17.6 Å². The van der Waals surface area contributed by atoms with E-state index in [0.717, 1.165) is 18.2 Å². The second-order valence-electron chi connectivity index (χ2n) is 5.37. The monoisotopic (exact) mass is 371 g/mol. The van der Waals surface area contributed by atoms with Crippen LogP contribution in [0, 0.1) is 11.6 Å². The predicted octanol–water partition coefficient (Wildman–Crippen LogP) is 2.81. The summed E-state index contributed by atoms with van der Waals surface area (Å²) in [6.07, 6.45) is 1.46. The second-order valence-corrected chi connectivity index (χ2v) is 5.37. The minimum absolute atomic E-state index is 0.00252. The van der Waals surface area contributed by atoms with Crippen molar-refractivity contribution in [2.45, 2.75) is 0 Å². The lowest BCUT2D eigenvalue weighted by atomic mass is 10.3. The molecule has 0 aliphatic rings. The number of rotatable bonds is 4. The van der Waals surface area contributed by atoms with Crippen LogP contribution in [-0.4, -0.2) is 32.1 Å². The van der Waals surface area contributed by atoms with Gasteiger partial charge in [0.1, 0.15) is 11.6 Å². The van der Waals surface area contributed by atoms with Crippen LogP contribution in [0.15, 0.2) is 45.5 Å². The first-order chi connectivity index (χ1) is 13.0. The summed E-state index contributed by atoms with van der Waals surface area (Å²) in [5.41, 5.74) is 5.65. The molecule has 0 saturated heterocycles. The molecule has 0 atom stereocenters. The summed E-state index contributed by atoms with van der Waals surface area (Å²) < 4.78 is 37.8. The van der Waals surface area contributed by atoms with Gasteiger partial charge in [-0.05, 0) is 24.3 Å². The Kier molecular flexibility index (Phi) is 3.95. The maximum Gasteiger partial charge on any atom is 0.294 e. The quantitative estimate of drug-likeness (QED) is 0.577. The van der Waals surface area contributed by atoms with Crippen LogP contribution < -0.4 is 10.6 Å². The topological polar surface area (TPSA) is 120 Å². The van der Waals surface area contributed by atoms with Crippen molar-refractivity contribution in [3.63, 3.8) is 0 Å². The Bertz CT molecular complexity index is 1100. The molecular weight excluding hydrogens is 360 g/mol. The number of nitrogens with zero attached hydrogens (tertiary/aromatic N) is 6. The molecule has 0 radical (unpaired) electrons. The maximum absolute atomic E-state index is 14.0. The summed E-state index contributed by atoms with van der Waals surface area (Å²) in [5, 5.41) is 3.78. The molecule has 0 aliphatic heterocycles. The lowest BCUT2D eigenvalue weighted by molar-refractivity contribution is 0.416. The van der Waals surface area contributed by atoms with Gasteiger partial charge in [-0.25, -0.2) is 8.78 Å². The molecular formula is C16H11F2N7O2. The molecule has 11 heteroatoms. The summed E-state index contributed by atoms with van der Waals surface area (Å²) >= 11 is 0. The molecule has 0 spiro atoms. The first-order valence-electron chi connectivity index (χ1n) is 7.59. The number of aromatic nitrogens is 5. The minimum atomic E-state index is -0.654. The number of anilines is 3. The van der Waals surface area contributed by atoms with Gasteiger partial charge in [0.05, 0.1) is 12.0 Å². The smallest absolute Gasteiger partial charge is 0.294 e. The highest BCUT2D eigenvalue weighted by molar-refractivity contribution is 5.60. The number of hydrogen-bond acceptors (Lipinski definition) is 9. The van der Waals surface area contributed by atoms with Gasteiger partial charge >= 0.3 is 0 Å². The molecule has 0 bridgehead atoms. The van der Waals surface area contributed by atoms with E-state index in [1.54, 1.807) is 12.1 Å². The van der Waals surface area contributed by atoms with Crippen molar-refractivity contribution in [2.75, 3.05) is 17.7 Å². The van der Waals surface area contributed by atoms with Gasteiger partial charge in [-0.1, -0.05) is 5.16 Å². The van der Waals surface area contributed by atoms with E-state index in [0.29, 0.717) is 5.76 Å². The Hall–Kier alpha value is -3.89. The van der Waals surface area contributed by atoms with E-state index >= 15 is 0 Å². The Labute approximate surface area is 150 Å². The van der Waals surface area contributed by atoms with Gasteiger partial charge in [0, 0.05) is 13.1 Å². The number of nitrogen functional groups attached to an aromatic ring is 1. The number of benzene rings is 1. The van der Waals surface area contributed by atoms with Crippen molar-refractivity contribution in [1.29, 1.82) is 0 Å². The largest absolute Gasteiger partial charge is 0.459 e. The van der Waals surface area contributed by atoms with Crippen LogP contribution >= 0.6 is 0 Å². The lowest BCUT2D eigenvalue weighted by Gasteiger charge is -2.18. The first-order valence-corrected chi connectivity index (χ1v) is 7.59. The average Bonchev–Trinajstić information content (AvgIpc) is 3.34. The normalized spacial score (nSPS) is 10.9. The van der Waals surface area contributed by atoms with Crippen LogP contribution in [0.3, 0.4) is 0 Å². The van der Waals surface area contributed by atoms with Crippen LogP contribution in [0.1, 0.15) is 0 Å². The van der Waals surface area contributed by atoms with E-state index in [1.807, 2.05) is 0 Å². The van der Waals surface area contributed by atoms with Crippen molar-refractivity contribution < 1.29 is 17.7 Å². The fraction of sp³-hybridized carbons (Fsp3) is 0.0625. The van der Waals surface area contributed by atoms with Gasteiger partial charge in [0.25, 0.3) is 5.89 Å². The SMILES string of the molecule is CN(c1nc(N)nc(-c2noc(-c3ccco3)n2)n1)c1cc(F)ccc1F. The van der Waals surface area contributed by atoms with Crippen molar-refractivity contribution in [1.82, 2.24) is 25.1 Å². The zero-order chi connectivity index (χ0) is 19.0. The van der Waals surface area contributed by atoms with Gasteiger partial charge in [0.15, 0.2) is 5.76 Å². The number of furan rings is 1. The fourth-order valence-electron chi connectivity index (χ4n) is 2.30. The second kappa shape index (κ2) is 6.44. The Morgan fingerprint density at radius 3 is 2.67 bits per heavy atom. The van der Waals surface area contributed by atoms with Crippen LogP contribution in [0.5, 0.6) is 0 Å². The van der Waals surface area contributed by atoms with E-state index in [-0.39, 0.29) is 35.1 Å². The molecule has 4 rings (SSSR count). The highest BCUT2D eigenvalue weighted by atomic mass is 19.1. The maximum atomic E-state index is 14.0. The summed E-state index contributed by atoms with van der Waals surface area (Å²) in [7, 11) is 1.46. The molecule has 0 fully saturated rings. The van der Waals surface area contributed by atoms with Crippen molar-refractivity contribution in [2.24, 2.45) is 0 Å². The molecule has 0 aliphatic carbocycles. The highest BCUT2D eigenvalue weighted by Gasteiger charge is 2.19. The van der Waals surface area contributed by atoms with E-state index < -0.39 is 11.6 Å². The summed E-state index contributed by atoms with van der Waals surface area (Å²) in [5.74, 6) is -0.905. The number of hydrogen-bond donors (Lipinski definition) is 1. The zero-order valence-corrected chi connectivity index (χ0v) is 13.8. The molecule has 0 amide bonds. The van der Waals surface area contributed by atoms with Crippen molar-refractivity contribution in [3.05, 3.63) is 48.2 Å². The fourth-order valence-corrected chi connectivity index (χ4v) is 2.30. The summed E-state index contributed by atoms with van der Waals surface area (Å²) in [6, 6.07) is 6.33. The third-order valence-electron chi connectivity index (χ3n) is 3.57. The average molecular weight is 371 g/mol. The van der Waals surface area contributed by atoms with E-state index in [2.05, 4.69) is 25.1 Å². The molecule has 1 aromatic carbocycles. The molecule has 27 heavy (non-hydrogen) atoms. The van der Waals surface area contributed by atoms with Gasteiger partial charge in [-0.3, -0.25) is 0 Å². The van der Waals surface area contributed by atoms with Gasteiger partial charge in [-0.2, -0.15) is 19.9 Å². The molecule has 136 valence electrons. The lowest BCUT2D eigenvalue weighted by Crippen LogP contribution is -2.17. The first kappa shape index (κ1) is 16.6. The van der Waals surface area contributed by atoms with Crippen LogP contribution in [0.25, 0.3) is 23.3 Å². The van der Waals surface area contributed by atoms with Gasteiger partial charge < -0.3 is 19.6 Å². The molecule has 3 aromatic heterocycles.